The van der Waals surface area contributed by atoms with E-state index in [1.807, 2.05) is 6.07 Å². The third kappa shape index (κ3) is 2.90. The normalized spacial score (nSPS) is 11.2. The van der Waals surface area contributed by atoms with Gasteiger partial charge in [-0.15, -0.1) is 0 Å². The number of para-hydroxylation sites is 1. The van der Waals surface area contributed by atoms with Gasteiger partial charge in [0.2, 0.25) is 5.91 Å². The van der Waals surface area contributed by atoms with Gasteiger partial charge in [-0.25, -0.2) is 0 Å². The van der Waals surface area contributed by atoms with Crippen LogP contribution in [0.2, 0.25) is 0 Å². The fourth-order valence-electron chi connectivity index (χ4n) is 0.942. The smallest absolute Gasteiger partial charge is 0.248 e. The first-order valence-electron chi connectivity index (χ1n) is 4.25. The van der Waals surface area contributed by atoms with Gasteiger partial charge in [0.15, 0.2) is 0 Å². The van der Waals surface area contributed by atoms with Crippen LogP contribution in [0.15, 0.2) is 30.3 Å². The Morgan fingerprint density at radius 2 is 2.07 bits per heavy atom. The second-order valence-corrected chi connectivity index (χ2v) is 2.86. The molecule has 0 spiro atoms. The maximum atomic E-state index is 11.4. The zero-order valence-electron chi connectivity index (χ0n) is 7.90. The van der Waals surface area contributed by atoms with Crippen molar-refractivity contribution in [2.75, 3.05) is 5.32 Å². The van der Waals surface area contributed by atoms with E-state index >= 15 is 0 Å². The molecule has 0 aliphatic rings. The number of anilines is 1. The predicted molar refractivity (Wildman–Crippen MR) is 56.4 cm³/mol. The Morgan fingerprint density at radius 1 is 1.47 bits per heavy atom. The molecule has 1 amide bonds. The molecule has 0 heterocycles. The summed E-state index contributed by atoms with van der Waals surface area (Å²) >= 11 is 0. The summed E-state index contributed by atoms with van der Waals surface area (Å²) in [4.78, 5) is 11.4. The fraction of sp³-hybridized carbons (Fsp3) is 0.100. The van der Waals surface area contributed by atoms with Crippen LogP contribution >= 0.6 is 0 Å². The molecule has 5 nitrogen and oxygen atoms in total. The van der Waals surface area contributed by atoms with E-state index in [-0.39, 0.29) is 0 Å². The van der Waals surface area contributed by atoms with Crippen LogP contribution in [0.25, 0.3) is 0 Å². The van der Waals surface area contributed by atoms with Crippen LogP contribution in [0.4, 0.5) is 5.69 Å². The second-order valence-electron chi connectivity index (χ2n) is 2.86. The van der Waals surface area contributed by atoms with E-state index in [1.54, 1.807) is 24.3 Å². The average Bonchev–Trinajstić information content (AvgIpc) is 2.28. The molecule has 1 rings (SSSR count). The quantitative estimate of drug-likeness (QED) is 0.621. The van der Waals surface area contributed by atoms with E-state index in [2.05, 4.69) is 5.32 Å². The topological polar surface area (TPSA) is 103 Å². The van der Waals surface area contributed by atoms with E-state index in [0.717, 1.165) is 0 Å². The molecule has 1 unspecified atom stereocenters. The highest BCUT2D eigenvalue weighted by atomic mass is 16.2. The molecule has 0 saturated carbocycles. The van der Waals surface area contributed by atoms with Gasteiger partial charge in [0.1, 0.15) is 17.8 Å². The van der Waals surface area contributed by atoms with Gasteiger partial charge < -0.3 is 11.1 Å². The number of carbonyl (C=O) groups is 1. The molecule has 0 fully saturated rings. The zero-order valence-corrected chi connectivity index (χ0v) is 7.90. The number of rotatable bonds is 3. The Balaban J connectivity index is 2.65. The van der Waals surface area contributed by atoms with Crippen molar-refractivity contribution >= 4 is 17.3 Å². The predicted octanol–water partition coefficient (Wildman–Crippen LogP) is 0.496. The highest BCUT2D eigenvalue weighted by Crippen LogP contribution is 2.05. The standard InChI is InChI=1S/C10H10N4O/c11-6-8(12)9(13)10(15)14-7-4-2-1-3-5-7/h1-5,9,12H,13H2,(H,14,15). The number of nitrogens with two attached hydrogens (primary N) is 1. The zero-order chi connectivity index (χ0) is 11.3. The molecule has 15 heavy (non-hydrogen) atoms. The van der Waals surface area contributed by atoms with E-state index in [9.17, 15) is 4.79 Å². The average molecular weight is 202 g/mol. The lowest BCUT2D eigenvalue weighted by Crippen LogP contribution is -2.41. The first-order chi connectivity index (χ1) is 7.15. The van der Waals surface area contributed by atoms with Crippen molar-refractivity contribution in [3.63, 3.8) is 0 Å². The number of nitriles is 1. The minimum atomic E-state index is -1.21. The molecule has 0 aromatic heterocycles. The number of carbonyl (C=O) groups excluding carboxylic acids is 1. The number of hydrogen-bond donors (Lipinski definition) is 3. The van der Waals surface area contributed by atoms with Crippen molar-refractivity contribution in [3.8, 4) is 6.07 Å². The molecular weight excluding hydrogens is 192 g/mol. The molecule has 0 bridgehead atoms. The Hall–Kier alpha value is -2.19. The summed E-state index contributed by atoms with van der Waals surface area (Å²) in [7, 11) is 0. The van der Waals surface area contributed by atoms with Crippen LogP contribution in [0.5, 0.6) is 0 Å². The summed E-state index contributed by atoms with van der Waals surface area (Å²) in [6.07, 6.45) is 0. The highest BCUT2D eigenvalue weighted by Gasteiger charge is 2.18. The number of benzene rings is 1. The van der Waals surface area contributed by atoms with Crippen molar-refractivity contribution in [2.45, 2.75) is 6.04 Å². The van der Waals surface area contributed by atoms with E-state index in [4.69, 9.17) is 16.4 Å². The number of nitrogens with zero attached hydrogens (tertiary/aromatic N) is 1. The van der Waals surface area contributed by atoms with Gasteiger partial charge in [-0.3, -0.25) is 10.2 Å². The van der Waals surface area contributed by atoms with Gasteiger partial charge >= 0.3 is 0 Å². The van der Waals surface area contributed by atoms with E-state index in [1.165, 1.54) is 6.07 Å². The Labute approximate surface area is 87.0 Å². The molecule has 76 valence electrons. The summed E-state index contributed by atoms with van der Waals surface area (Å²) < 4.78 is 0. The third-order valence-corrected chi connectivity index (χ3v) is 1.76. The molecule has 5 heteroatoms. The van der Waals surface area contributed by atoms with Gasteiger partial charge in [-0.1, -0.05) is 18.2 Å². The Morgan fingerprint density at radius 3 is 2.60 bits per heavy atom. The minimum absolute atomic E-state index is 0.455. The van der Waals surface area contributed by atoms with Crippen molar-refractivity contribution < 1.29 is 4.79 Å². The lowest BCUT2D eigenvalue weighted by molar-refractivity contribution is -0.116. The largest absolute Gasteiger partial charge is 0.324 e. The second kappa shape index (κ2) is 4.88. The fourth-order valence-corrected chi connectivity index (χ4v) is 0.942. The molecule has 1 aromatic rings. The Bertz CT molecular complexity index is 407. The molecule has 0 saturated heterocycles. The van der Waals surface area contributed by atoms with Crippen molar-refractivity contribution in [1.29, 1.82) is 10.7 Å². The summed E-state index contributed by atoms with van der Waals surface area (Å²) in [5, 5.41) is 18.0. The molecule has 4 N–H and O–H groups in total. The maximum absolute atomic E-state index is 11.4. The summed E-state index contributed by atoms with van der Waals surface area (Å²) in [6, 6.07) is 9.04. The van der Waals surface area contributed by atoms with Crippen LogP contribution in [0.1, 0.15) is 0 Å². The molecule has 1 aromatic carbocycles. The first-order valence-corrected chi connectivity index (χ1v) is 4.25. The molecule has 0 aliphatic heterocycles. The van der Waals surface area contributed by atoms with Gasteiger partial charge in [0, 0.05) is 5.69 Å². The summed E-state index contributed by atoms with van der Waals surface area (Å²) in [5.41, 5.74) is 5.49. The van der Waals surface area contributed by atoms with Crippen molar-refractivity contribution in [2.24, 2.45) is 5.73 Å². The number of amides is 1. The van der Waals surface area contributed by atoms with E-state index in [0.29, 0.717) is 5.69 Å². The lowest BCUT2D eigenvalue weighted by atomic mass is 10.2. The van der Waals surface area contributed by atoms with Crippen molar-refractivity contribution in [1.82, 2.24) is 0 Å². The highest BCUT2D eigenvalue weighted by molar-refractivity contribution is 6.17. The van der Waals surface area contributed by atoms with Crippen LogP contribution in [-0.2, 0) is 4.79 Å². The monoisotopic (exact) mass is 202 g/mol. The van der Waals surface area contributed by atoms with Gasteiger partial charge in [0.25, 0.3) is 0 Å². The van der Waals surface area contributed by atoms with Crippen LogP contribution in [-0.4, -0.2) is 17.7 Å². The van der Waals surface area contributed by atoms with Crippen LogP contribution < -0.4 is 11.1 Å². The number of nitrogens with one attached hydrogen (secondary N) is 2. The van der Waals surface area contributed by atoms with Crippen LogP contribution in [0, 0.1) is 16.7 Å². The van der Waals surface area contributed by atoms with E-state index < -0.39 is 17.7 Å². The molecular formula is C10H10N4O. The Kier molecular flexibility index (Phi) is 3.55. The third-order valence-electron chi connectivity index (χ3n) is 1.76. The van der Waals surface area contributed by atoms with Crippen LogP contribution in [0.3, 0.4) is 0 Å². The van der Waals surface area contributed by atoms with Gasteiger partial charge in [0.05, 0.1) is 0 Å². The summed E-state index contributed by atoms with van der Waals surface area (Å²) in [6.45, 7) is 0. The van der Waals surface area contributed by atoms with Gasteiger partial charge in [-0.2, -0.15) is 5.26 Å². The minimum Gasteiger partial charge on any atom is -0.324 e. The summed E-state index contributed by atoms with van der Waals surface area (Å²) in [5.74, 6) is -0.562. The number of hydrogen-bond acceptors (Lipinski definition) is 4. The maximum Gasteiger partial charge on any atom is 0.248 e. The van der Waals surface area contributed by atoms with Gasteiger partial charge in [-0.05, 0) is 12.1 Å². The molecule has 0 aliphatic carbocycles. The van der Waals surface area contributed by atoms with Crippen molar-refractivity contribution in [3.05, 3.63) is 30.3 Å². The lowest BCUT2D eigenvalue weighted by Gasteiger charge is -2.08. The molecule has 1 atom stereocenters. The first kappa shape index (κ1) is 10.9. The molecule has 0 radical (unpaired) electrons. The SMILES string of the molecule is N#CC(=N)C(N)C(=O)Nc1ccccc1.